The second-order valence-electron chi connectivity index (χ2n) is 6.84. The zero-order chi connectivity index (χ0) is 20.5. The van der Waals surface area contributed by atoms with Crippen molar-refractivity contribution in [2.24, 2.45) is 0 Å². The van der Waals surface area contributed by atoms with Gasteiger partial charge in [0.05, 0.1) is 6.10 Å². The van der Waals surface area contributed by atoms with E-state index in [4.69, 9.17) is 23.7 Å². The molecule has 0 aromatic heterocycles. The van der Waals surface area contributed by atoms with Crippen LogP contribution in [0.5, 0.6) is 0 Å². The average molecular weight is 413 g/mol. The normalized spacial score (nSPS) is 17.9. The van der Waals surface area contributed by atoms with E-state index in [1.165, 1.54) is 0 Å². The van der Waals surface area contributed by atoms with E-state index in [9.17, 15) is 0 Å². The van der Waals surface area contributed by atoms with Crippen molar-refractivity contribution in [1.82, 2.24) is 4.90 Å². The molecule has 0 amide bonds. The van der Waals surface area contributed by atoms with Gasteiger partial charge in [0.25, 0.3) is 0 Å². The number of methoxy groups -OCH3 is 4. The maximum Gasteiger partial charge on any atom is 0.181 e. The summed E-state index contributed by atoms with van der Waals surface area (Å²) >= 11 is 0. The van der Waals surface area contributed by atoms with Crippen molar-refractivity contribution in [3.8, 4) is 0 Å². The standard InChI is InChI=1S/C18H41NO5P2/c1-12-16(24-13(2)3)19(14(4)25-17(6,20-8)21-9)15(5)26-18(7,22-10)23-11/h13-16,25-26H,12H2,1-11H3. The SMILES string of the molecule is CCC(OC(C)C)N(C(C)PC(C)(OC)OC)C(C)PC(C)(OC)OC. The molecule has 0 spiro atoms. The fourth-order valence-corrected chi connectivity index (χ4v) is 6.05. The van der Waals surface area contributed by atoms with Gasteiger partial charge in [0, 0.05) is 40.0 Å². The van der Waals surface area contributed by atoms with Crippen LogP contribution >= 0.6 is 17.2 Å². The molecule has 0 fully saturated rings. The smallest absolute Gasteiger partial charge is 0.181 e. The molecule has 0 aliphatic carbocycles. The summed E-state index contributed by atoms with van der Waals surface area (Å²) in [6, 6.07) is 0. The first-order valence-corrected chi connectivity index (χ1v) is 11.4. The number of hydrogen-bond donors (Lipinski definition) is 0. The van der Waals surface area contributed by atoms with Gasteiger partial charge >= 0.3 is 0 Å². The second-order valence-corrected chi connectivity index (χ2v) is 10.9. The first kappa shape index (κ1) is 26.6. The van der Waals surface area contributed by atoms with Crippen molar-refractivity contribution in [2.45, 2.75) is 89.8 Å². The largest absolute Gasteiger partial charge is 0.360 e. The molecule has 0 N–H and O–H groups in total. The van der Waals surface area contributed by atoms with Crippen molar-refractivity contribution in [2.75, 3.05) is 28.4 Å². The molecule has 0 saturated heterocycles. The Morgan fingerprint density at radius 2 is 1.12 bits per heavy atom. The van der Waals surface area contributed by atoms with Crippen LogP contribution in [0.2, 0.25) is 0 Å². The summed E-state index contributed by atoms with van der Waals surface area (Å²) in [4.78, 5) is 2.42. The molecule has 0 rings (SSSR count). The average Bonchev–Trinajstić information content (AvgIpc) is 2.60. The Hall–Kier alpha value is 0.620. The topological polar surface area (TPSA) is 49.4 Å². The fraction of sp³-hybridized carbons (Fsp3) is 1.00. The quantitative estimate of drug-likeness (QED) is 0.310. The lowest BCUT2D eigenvalue weighted by Gasteiger charge is -2.44. The van der Waals surface area contributed by atoms with Crippen LogP contribution in [0.1, 0.15) is 54.9 Å². The van der Waals surface area contributed by atoms with E-state index in [1.807, 2.05) is 13.8 Å². The summed E-state index contributed by atoms with van der Waals surface area (Å²) in [7, 11) is 7.61. The first-order valence-electron chi connectivity index (χ1n) is 9.20. The van der Waals surface area contributed by atoms with Crippen LogP contribution in [-0.4, -0.2) is 68.3 Å². The minimum Gasteiger partial charge on any atom is -0.360 e. The van der Waals surface area contributed by atoms with E-state index >= 15 is 0 Å². The molecule has 0 heterocycles. The highest BCUT2D eigenvalue weighted by Crippen LogP contribution is 2.45. The van der Waals surface area contributed by atoms with Gasteiger partial charge in [-0.05, 0) is 65.1 Å². The molecule has 5 unspecified atom stereocenters. The highest BCUT2D eigenvalue weighted by Gasteiger charge is 2.37. The van der Waals surface area contributed by atoms with Gasteiger partial charge in [-0.15, -0.1) is 0 Å². The van der Waals surface area contributed by atoms with E-state index < -0.39 is 11.1 Å². The van der Waals surface area contributed by atoms with Crippen LogP contribution in [0.3, 0.4) is 0 Å². The van der Waals surface area contributed by atoms with E-state index in [2.05, 4.69) is 39.5 Å². The van der Waals surface area contributed by atoms with E-state index in [0.29, 0.717) is 17.2 Å². The lowest BCUT2D eigenvalue weighted by molar-refractivity contribution is -0.131. The minimum absolute atomic E-state index is 0.0101. The maximum atomic E-state index is 6.24. The molecule has 0 radical (unpaired) electrons. The number of ether oxygens (including phenoxy) is 5. The van der Waals surface area contributed by atoms with Crippen molar-refractivity contribution in [3.63, 3.8) is 0 Å². The number of rotatable bonds is 14. The van der Waals surface area contributed by atoms with Crippen molar-refractivity contribution in [3.05, 3.63) is 0 Å². The minimum atomic E-state index is -0.609. The van der Waals surface area contributed by atoms with Crippen LogP contribution in [0.25, 0.3) is 0 Å². The van der Waals surface area contributed by atoms with Gasteiger partial charge in [-0.25, -0.2) is 0 Å². The molecule has 0 aromatic rings. The molecule has 5 atom stereocenters. The summed E-state index contributed by atoms with van der Waals surface area (Å²) in [5.41, 5.74) is -1.22. The fourth-order valence-electron chi connectivity index (χ4n) is 2.84. The first-order chi connectivity index (χ1) is 12.0. The third kappa shape index (κ3) is 8.32. The van der Waals surface area contributed by atoms with Crippen LogP contribution in [0.4, 0.5) is 0 Å². The van der Waals surface area contributed by atoms with E-state index in [-0.39, 0.29) is 23.9 Å². The predicted octanol–water partition coefficient (Wildman–Crippen LogP) is 4.43. The number of hydrogen-bond acceptors (Lipinski definition) is 6. The monoisotopic (exact) mass is 413 g/mol. The second kappa shape index (κ2) is 12.2. The Bertz CT molecular complexity index is 353. The summed E-state index contributed by atoms with van der Waals surface area (Å²) < 4.78 is 28.6. The molecular formula is C18H41NO5P2. The molecule has 26 heavy (non-hydrogen) atoms. The van der Waals surface area contributed by atoms with Gasteiger partial charge in [-0.3, -0.25) is 4.90 Å². The van der Waals surface area contributed by atoms with E-state index in [1.54, 1.807) is 28.4 Å². The number of nitrogens with zero attached hydrogens (tertiary/aromatic N) is 1. The summed E-state index contributed by atoms with van der Waals surface area (Å²) in [5.74, 6) is 0.424. The van der Waals surface area contributed by atoms with Crippen LogP contribution in [0.15, 0.2) is 0 Å². The van der Waals surface area contributed by atoms with Crippen molar-refractivity contribution < 1.29 is 23.7 Å². The third-order valence-corrected chi connectivity index (χ3v) is 7.80. The summed E-state index contributed by atoms with van der Waals surface area (Å²) in [6.07, 6.45) is 1.06. The molecule has 0 aliphatic rings. The van der Waals surface area contributed by atoms with Crippen LogP contribution in [-0.2, 0) is 23.7 Å². The zero-order valence-corrected chi connectivity index (χ0v) is 20.5. The molecule has 6 nitrogen and oxygen atoms in total. The summed E-state index contributed by atoms with van der Waals surface area (Å²) in [5, 5.41) is 0. The maximum absolute atomic E-state index is 6.24. The Morgan fingerprint density at radius 1 is 0.769 bits per heavy atom. The molecule has 0 aromatic carbocycles. The zero-order valence-electron chi connectivity index (χ0n) is 18.5. The van der Waals surface area contributed by atoms with Gasteiger partial charge in [-0.1, -0.05) is 6.92 Å². The van der Waals surface area contributed by atoms with Gasteiger partial charge in [-0.2, -0.15) is 0 Å². The van der Waals surface area contributed by atoms with Gasteiger partial charge < -0.3 is 23.7 Å². The molecule has 0 aliphatic heterocycles. The lowest BCUT2D eigenvalue weighted by atomic mass is 10.3. The Morgan fingerprint density at radius 3 is 1.35 bits per heavy atom. The molecule has 0 bridgehead atoms. The summed E-state index contributed by atoms with van der Waals surface area (Å²) in [6.45, 7) is 14.7. The van der Waals surface area contributed by atoms with Gasteiger partial charge in [0.15, 0.2) is 11.1 Å². The Kier molecular flexibility index (Phi) is 12.5. The Balaban J connectivity index is 5.58. The van der Waals surface area contributed by atoms with Gasteiger partial charge in [0.2, 0.25) is 0 Å². The molecular weight excluding hydrogens is 372 g/mol. The molecule has 158 valence electrons. The lowest BCUT2D eigenvalue weighted by Crippen LogP contribution is -2.48. The molecule has 0 saturated carbocycles. The predicted molar refractivity (Wildman–Crippen MR) is 113 cm³/mol. The van der Waals surface area contributed by atoms with Crippen LogP contribution in [0, 0.1) is 0 Å². The molecule has 8 heteroatoms. The van der Waals surface area contributed by atoms with Gasteiger partial charge in [0.1, 0.15) is 6.23 Å². The van der Waals surface area contributed by atoms with Crippen molar-refractivity contribution >= 4 is 17.2 Å². The Labute approximate surface area is 164 Å². The highest BCUT2D eigenvalue weighted by molar-refractivity contribution is 7.41. The highest BCUT2D eigenvalue weighted by atomic mass is 31.1. The van der Waals surface area contributed by atoms with Crippen molar-refractivity contribution in [1.29, 1.82) is 0 Å². The van der Waals surface area contributed by atoms with Crippen LogP contribution < -0.4 is 0 Å². The van der Waals surface area contributed by atoms with E-state index in [0.717, 1.165) is 6.42 Å². The third-order valence-electron chi connectivity index (χ3n) is 4.51.